The Kier molecular flexibility index (Phi) is 4.55. The maximum atomic E-state index is 4.65. The molecule has 0 aromatic carbocycles. The molecule has 0 amide bonds. The molecule has 2 rings (SSSR count). The van der Waals surface area contributed by atoms with E-state index in [1.807, 2.05) is 6.92 Å². The van der Waals surface area contributed by atoms with Crippen LogP contribution in [0.3, 0.4) is 0 Å². The van der Waals surface area contributed by atoms with E-state index in [1.54, 1.807) is 11.3 Å². The van der Waals surface area contributed by atoms with Crippen LogP contribution in [0.15, 0.2) is 11.4 Å². The minimum atomic E-state index is 0.832. The summed E-state index contributed by atoms with van der Waals surface area (Å²) >= 11 is 4.00. The first-order valence-corrected chi connectivity index (χ1v) is 7.91. The predicted octanol–water partition coefficient (Wildman–Crippen LogP) is 4.25. The average molecular weight is 373 g/mol. The summed E-state index contributed by atoms with van der Waals surface area (Å²) in [6.45, 7) is 7.22. The van der Waals surface area contributed by atoms with Gasteiger partial charge in [0.1, 0.15) is 5.82 Å². The molecule has 5 heteroatoms. The summed E-state index contributed by atoms with van der Waals surface area (Å²) in [6, 6.07) is 2.11. The van der Waals surface area contributed by atoms with Gasteiger partial charge in [-0.3, -0.25) is 0 Å². The molecule has 1 N–H and O–H groups in total. The van der Waals surface area contributed by atoms with Crippen molar-refractivity contribution >= 4 is 39.7 Å². The largest absolute Gasteiger partial charge is 0.369 e. The quantitative estimate of drug-likeness (QED) is 0.815. The number of thiophene rings is 1. The van der Waals surface area contributed by atoms with Crippen LogP contribution in [0.1, 0.15) is 24.6 Å². The number of aryl methyl sites for hydroxylation is 2. The second-order valence-electron chi connectivity index (χ2n) is 4.15. The second-order valence-corrected chi connectivity index (χ2v) is 6.15. The Morgan fingerprint density at radius 1 is 1.33 bits per heavy atom. The third kappa shape index (κ3) is 2.83. The summed E-state index contributed by atoms with van der Waals surface area (Å²) in [5.41, 5.74) is 2.27. The average Bonchev–Trinajstić information content (AvgIpc) is 2.77. The molecule has 18 heavy (non-hydrogen) atoms. The highest BCUT2D eigenvalue weighted by molar-refractivity contribution is 14.1. The van der Waals surface area contributed by atoms with Gasteiger partial charge in [0.15, 0.2) is 5.82 Å². The summed E-state index contributed by atoms with van der Waals surface area (Å²) in [5, 5.41) is 5.46. The van der Waals surface area contributed by atoms with Crippen LogP contribution in [-0.2, 0) is 0 Å². The van der Waals surface area contributed by atoms with Gasteiger partial charge in [0.25, 0.3) is 0 Å². The minimum Gasteiger partial charge on any atom is -0.369 e. The van der Waals surface area contributed by atoms with E-state index in [0.29, 0.717) is 0 Å². The number of hydrogen-bond donors (Lipinski definition) is 1. The highest BCUT2D eigenvalue weighted by atomic mass is 127. The molecule has 0 radical (unpaired) electrons. The summed E-state index contributed by atoms with van der Waals surface area (Å²) in [7, 11) is 0. The Labute approximate surface area is 125 Å². The van der Waals surface area contributed by atoms with E-state index in [-0.39, 0.29) is 0 Å². The topological polar surface area (TPSA) is 37.8 Å². The number of rotatable bonds is 4. The SMILES string of the molecule is CCCNc1nc(-c2sccc2C)nc(C)c1I. The van der Waals surface area contributed by atoms with Gasteiger partial charge in [0.2, 0.25) is 0 Å². The van der Waals surface area contributed by atoms with Crippen LogP contribution in [0.5, 0.6) is 0 Å². The first-order valence-electron chi connectivity index (χ1n) is 5.96. The van der Waals surface area contributed by atoms with Gasteiger partial charge in [0, 0.05) is 6.54 Å². The van der Waals surface area contributed by atoms with Gasteiger partial charge in [-0.15, -0.1) is 11.3 Å². The van der Waals surface area contributed by atoms with Gasteiger partial charge in [-0.1, -0.05) is 6.92 Å². The van der Waals surface area contributed by atoms with Gasteiger partial charge in [0.05, 0.1) is 14.1 Å². The van der Waals surface area contributed by atoms with Gasteiger partial charge >= 0.3 is 0 Å². The predicted molar refractivity (Wildman–Crippen MR) is 86.3 cm³/mol. The monoisotopic (exact) mass is 373 g/mol. The Morgan fingerprint density at radius 3 is 2.72 bits per heavy atom. The number of aromatic nitrogens is 2. The van der Waals surface area contributed by atoms with Crippen molar-refractivity contribution in [3.05, 3.63) is 26.3 Å². The normalized spacial score (nSPS) is 10.7. The van der Waals surface area contributed by atoms with Crippen LogP contribution < -0.4 is 5.32 Å². The highest BCUT2D eigenvalue weighted by Crippen LogP contribution is 2.29. The number of halogens is 1. The fourth-order valence-electron chi connectivity index (χ4n) is 1.62. The number of nitrogens with zero attached hydrogens (tertiary/aromatic N) is 2. The molecule has 0 fully saturated rings. The lowest BCUT2D eigenvalue weighted by Crippen LogP contribution is -2.07. The van der Waals surface area contributed by atoms with Crippen LogP contribution in [0.2, 0.25) is 0 Å². The van der Waals surface area contributed by atoms with Crippen molar-refractivity contribution in [2.75, 3.05) is 11.9 Å². The maximum absolute atomic E-state index is 4.65. The molecular weight excluding hydrogens is 357 g/mol. The van der Waals surface area contributed by atoms with Crippen molar-refractivity contribution in [1.82, 2.24) is 9.97 Å². The van der Waals surface area contributed by atoms with Gasteiger partial charge in [-0.25, -0.2) is 9.97 Å². The lowest BCUT2D eigenvalue weighted by molar-refractivity contribution is 0.958. The third-order valence-electron chi connectivity index (χ3n) is 2.62. The van der Waals surface area contributed by atoms with E-state index < -0.39 is 0 Å². The van der Waals surface area contributed by atoms with E-state index in [1.165, 1.54) is 5.56 Å². The molecule has 0 saturated carbocycles. The third-order valence-corrected chi connectivity index (χ3v) is 4.93. The van der Waals surface area contributed by atoms with E-state index >= 15 is 0 Å². The molecule has 0 aliphatic heterocycles. The first kappa shape index (κ1) is 13.7. The lowest BCUT2D eigenvalue weighted by atomic mass is 10.2. The van der Waals surface area contributed by atoms with Crippen LogP contribution in [0.4, 0.5) is 5.82 Å². The summed E-state index contributed by atoms with van der Waals surface area (Å²) in [6.07, 6.45) is 1.09. The molecular formula is C13H16IN3S. The number of anilines is 1. The first-order chi connectivity index (χ1) is 8.63. The summed E-state index contributed by atoms with van der Waals surface area (Å²) in [5.74, 6) is 1.78. The molecule has 2 heterocycles. The Balaban J connectivity index is 2.44. The zero-order chi connectivity index (χ0) is 13.1. The van der Waals surface area contributed by atoms with Gasteiger partial charge < -0.3 is 5.32 Å². The smallest absolute Gasteiger partial charge is 0.172 e. The fourth-order valence-corrected chi connectivity index (χ4v) is 2.91. The molecule has 2 aromatic rings. The Hall–Kier alpha value is -0.690. The van der Waals surface area contributed by atoms with Crippen molar-refractivity contribution in [2.24, 2.45) is 0 Å². The molecule has 0 aliphatic rings. The van der Waals surface area contributed by atoms with Gasteiger partial charge in [-0.05, 0) is 59.9 Å². The van der Waals surface area contributed by atoms with E-state index in [0.717, 1.165) is 38.7 Å². The Morgan fingerprint density at radius 2 is 2.11 bits per heavy atom. The van der Waals surface area contributed by atoms with Crippen LogP contribution in [0, 0.1) is 17.4 Å². The molecule has 0 bridgehead atoms. The van der Waals surface area contributed by atoms with Crippen molar-refractivity contribution in [3.8, 4) is 10.7 Å². The molecule has 0 unspecified atom stereocenters. The standard InChI is InChI=1S/C13H16IN3S/c1-4-6-15-12-10(14)9(3)16-13(17-12)11-8(2)5-7-18-11/h5,7H,4,6H2,1-3H3,(H,15,16,17). The maximum Gasteiger partial charge on any atom is 0.172 e. The van der Waals surface area contributed by atoms with E-state index in [4.69, 9.17) is 0 Å². The number of hydrogen-bond acceptors (Lipinski definition) is 4. The zero-order valence-electron chi connectivity index (χ0n) is 10.7. The van der Waals surface area contributed by atoms with Crippen molar-refractivity contribution in [1.29, 1.82) is 0 Å². The van der Waals surface area contributed by atoms with Crippen LogP contribution in [0.25, 0.3) is 10.7 Å². The molecule has 0 saturated heterocycles. The lowest BCUT2D eigenvalue weighted by Gasteiger charge is -2.10. The summed E-state index contributed by atoms with van der Waals surface area (Å²) < 4.78 is 1.11. The molecule has 0 aliphatic carbocycles. The Bertz CT molecular complexity index is 551. The van der Waals surface area contributed by atoms with Crippen molar-refractivity contribution in [2.45, 2.75) is 27.2 Å². The van der Waals surface area contributed by atoms with Crippen molar-refractivity contribution in [3.63, 3.8) is 0 Å². The van der Waals surface area contributed by atoms with Crippen LogP contribution in [-0.4, -0.2) is 16.5 Å². The zero-order valence-corrected chi connectivity index (χ0v) is 13.7. The van der Waals surface area contributed by atoms with Gasteiger partial charge in [-0.2, -0.15) is 0 Å². The molecule has 96 valence electrons. The summed E-state index contributed by atoms with van der Waals surface area (Å²) in [4.78, 5) is 10.4. The number of nitrogens with one attached hydrogen (secondary N) is 1. The molecule has 3 nitrogen and oxygen atoms in total. The fraction of sp³-hybridized carbons (Fsp3) is 0.385. The molecule has 0 spiro atoms. The molecule has 0 atom stereocenters. The van der Waals surface area contributed by atoms with E-state index in [2.05, 4.69) is 63.2 Å². The van der Waals surface area contributed by atoms with Crippen LogP contribution >= 0.6 is 33.9 Å². The second kappa shape index (κ2) is 5.97. The van der Waals surface area contributed by atoms with E-state index in [9.17, 15) is 0 Å². The van der Waals surface area contributed by atoms with Crippen molar-refractivity contribution < 1.29 is 0 Å². The molecule has 2 aromatic heterocycles. The highest BCUT2D eigenvalue weighted by Gasteiger charge is 2.12. The minimum absolute atomic E-state index is 0.832.